The van der Waals surface area contributed by atoms with Gasteiger partial charge in [-0.05, 0) is 78.6 Å². The average molecular weight is 727 g/mol. The van der Waals surface area contributed by atoms with Gasteiger partial charge in [0.05, 0.1) is 28.9 Å². The fourth-order valence-electron chi connectivity index (χ4n) is 5.78. The predicted molar refractivity (Wildman–Crippen MR) is 200 cm³/mol. The summed E-state index contributed by atoms with van der Waals surface area (Å²) in [4.78, 5) is 65.4. The summed E-state index contributed by atoms with van der Waals surface area (Å²) in [5, 5.41) is 20.4. The highest BCUT2D eigenvalue weighted by atomic mass is 32.2. The molecule has 1 aromatic heterocycles. The second-order valence-electron chi connectivity index (χ2n) is 13.0. The zero-order valence-corrected chi connectivity index (χ0v) is 30.2. The summed E-state index contributed by atoms with van der Waals surface area (Å²) >= 11 is 2.67. The fraction of sp³-hybridized carbons (Fsp3) is 0.263. The van der Waals surface area contributed by atoms with Crippen molar-refractivity contribution in [3.63, 3.8) is 0 Å². The second kappa shape index (κ2) is 16.2. The van der Waals surface area contributed by atoms with E-state index < -0.39 is 22.7 Å². The zero-order chi connectivity index (χ0) is 36.7. The molecule has 0 fully saturated rings. The van der Waals surface area contributed by atoms with Gasteiger partial charge in [0.2, 0.25) is 5.91 Å². The summed E-state index contributed by atoms with van der Waals surface area (Å²) in [6, 6.07) is 21.0. The number of nitrogens with zero attached hydrogens (tertiary/aromatic N) is 1. The lowest BCUT2D eigenvalue weighted by Crippen LogP contribution is -2.30. The number of ether oxygens (including phenoxy) is 1. The number of hydrogen-bond acceptors (Lipinski definition) is 9. The van der Waals surface area contributed by atoms with Gasteiger partial charge in [0.1, 0.15) is 10.7 Å². The molecule has 0 aliphatic heterocycles. The number of benzene rings is 3. The van der Waals surface area contributed by atoms with E-state index in [2.05, 4.69) is 36.7 Å². The number of carbonyl (C=O) groups is 4. The highest BCUT2D eigenvalue weighted by Crippen LogP contribution is 2.44. The molecule has 4 aromatic rings. The number of nitro benzene ring substituents is 1. The van der Waals surface area contributed by atoms with Crippen LogP contribution in [-0.4, -0.2) is 41.5 Å². The van der Waals surface area contributed by atoms with Crippen LogP contribution in [-0.2, 0) is 27.2 Å². The molecule has 1 unspecified atom stereocenters. The summed E-state index contributed by atoms with van der Waals surface area (Å²) in [7, 11) is 1.34. The Bertz CT molecular complexity index is 2000. The number of amides is 3. The highest BCUT2D eigenvalue weighted by Gasteiger charge is 2.34. The van der Waals surface area contributed by atoms with Crippen molar-refractivity contribution in [2.24, 2.45) is 11.3 Å². The predicted octanol–water partition coefficient (Wildman–Crippen LogP) is 7.73. The maximum Gasteiger partial charge on any atom is 0.341 e. The van der Waals surface area contributed by atoms with Gasteiger partial charge in [-0.15, -0.1) is 23.1 Å². The summed E-state index contributed by atoms with van der Waals surface area (Å²) in [5.74, 6) is -1.55. The summed E-state index contributed by atoms with van der Waals surface area (Å²) in [6.07, 6.45) is 3.80. The van der Waals surface area contributed by atoms with E-state index >= 15 is 0 Å². The first-order valence-corrected chi connectivity index (χ1v) is 18.0. The van der Waals surface area contributed by atoms with E-state index in [0.29, 0.717) is 32.6 Å². The summed E-state index contributed by atoms with van der Waals surface area (Å²) in [5.41, 5.74) is 1.87. The van der Waals surface area contributed by atoms with Gasteiger partial charge in [-0.2, -0.15) is 0 Å². The van der Waals surface area contributed by atoms with Crippen molar-refractivity contribution in [2.75, 3.05) is 23.5 Å². The number of fused-ring (bicyclic) bond motifs is 1. The Morgan fingerprint density at radius 2 is 1.73 bits per heavy atom. The number of carbonyl (C=O) groups excluding carboxylic acids is 4. The van der Waals surface area contributed by atoms with E-state index in [-0.39, 0.29) is 34.0 Å². The third kappa shape index (κ3) is 9.30. The molecule has 0 saturated heterocycles. The van der Waals surface area contributed by atoms with Crippen molar-refractivity contribution in [3.05, 3.63) is 122 Å². The number of methoxy groups -OCH3 is 1. The van der Waals surface area contributed by atoms with Crippen LogP contribution in [0.2, 0.25) is 0 Å². The Kier molecular flexibility index (Phi) is 11.7. The lowest BCUT2D eigenvalue weighted by Gasteiger charge is -2.33. The van der Waals surface area contributed by atoms with Crippen molar-refractivity contribution in [2.45, 2.75) is 44.9 Å². The molecule has 0 radical (unpaired) electrons. The first-order valence-electron chi connectivity index (χ1n) is 16.2. The maximum atomic E-state index is 13.5. The summed E-state index contributed by atoms with van der Waals surface area (Å²) in [6.45, 7) is 6.65. The Hall–Kier alpha value is -5.27. The highest BCUT2D eigenvalue weighted by molar-refractivity contribution is 8.00. The van der Waals surface area contributed by atoms with E-state index in [1.165, 1.54) is 54.5 Å². The third-order valence-electron chi connectivity index (χ3n) is 8.56. The first-order chi connectivity index (χ1) is 24.3. The lowest BCUT2D eigenvalue weighted by atomic mass is 9.72. The van der Waals surface area contributed by atoms with Gasteiger partial charge in [-0.3, -0.25) is 24.5 Å². The number of para-hydroxylation sites is 1. The van der Waals surface area contributed by atoms with Crippen LogP contribution in [0.15, 0.2) is 89.5 Å². The molecule has 264 valence electrons. The molecule has 3 N–H and O–H groups in total. The molecule has 13 heteroatoms. The monoisotopic (exact) mass is 726 g/mol. The van der Waals surface area contributed by atoms with Crippen LogP contribution >= 0.6 is 23.1 Å². The second-order valence-corrected chi connectivity index (χ2v) is 15.2. The minimum absolute atomic E-state index is 0.0289. The topological polar surface area (TPSA) is 157 Å². The number of anilines is 2. The van der Waals surface area contributed by atoms with Crippen LogP contribution in [0.5, 0.6) is 0 Å². The first kappa shape index (κ1) is 37.0. The Morgan fingerprint density at radius 1 is 1.00 bits per heavy atom. The van der Waals surface area contributed by atoms with E-state index in [1.807, 2.05) is 0 Å². The molecule has 11 nitrogen and oxygen atoms in total. The Labute approximate surface area is 304 Å². The molecular formula is C38H38N4O7S2. The number of nitrogens with one attached hydrogen (secondary N) is 3. The van der Waals surface area contributed by atoms with Crippen molar-refractivity contribution < 1.29 is 28.8 Å². The lowest BCUT2D eigenvalue weighted by molar-refractivity contribution is -0.385. The molecule has 1 aliphatic rings. The van der Waals surface area contributed by atoms with Gasteiger partial charge in [-0.25, -0.2) is 4.79 Å². The van der Waals surface area contributed by atoms with Crippen molar-refractivity contribution in [1.29, 1.82) is 0 Å². The molecule has 5 rings (SSSR count). The number of rotatable bonds is 11. The Balaban J connectivity index is 1.29. The van der Waals surface area contributed by atoms with Crippen LogP contribution in [0.1, 0.15) is 63.9 Å². The van der Waals surface area contributed by atoms with Crippen LogP contribution in [0.25, 0.3) is 6.08 Å². The standard InChI is InChI=1S/C38H38N4O7S2/c1-38(2,3)25-17-18-28-31(20-25)51-36(33(28)37(46)49-4)41-32(43)22-50-27-15-10-14-26(21-27)39-35(45)29(40-34(44)23-11-6-5-7-12-23)19-24-13-8-9-16-30(24)42(47)48/h5-16,19,21,25H,17-18,20,22H2,1-4H3,(H,39,45)(H,40,44)(H,41,43)/b29-19+. The number of nitro groups is 1. The Morgan fingerprint density at radius 3 is 2.43 bits per heavy atom. The van der Waals surface area contributed by atoms with Gasteiger partial charge < -0.3 is 20.7 Å². The number of esters is 1. The molecule has 1 aliphatic carbocycles. The van der Waals surface area contributed by atoms with E-state index in [1.54, 1.807) is 60.7 Å². The smallest absolute Gasteiger partial charge is 0.341 e. The van der Waals surface area contributed by atoms with Crippen LogP contribution in [0.3, 0.4) is 0 Å². The van der Waals surface area contributed by atoms with Gasteiger partial charge in [0, 0.05) is 27.1 Å². The van der Waals surface area contributed by atoms with E-state index in [4.69, 9.17) is 4.74 Å². The molecule has 1 heterocycles. The SMILES string of the molecule is COC(=O)c1c(NC(=O)CSc2cccc(NC(=O)/C(=C\c3ccccc3[N+](=O)[O-])NC(=O)c3ccccc3)c2)sc2c1CCC(C(C)(C)C)C2. The van der Waals surface area contributed by atoms with Crippen molar-refractivity contribution in [3.8, 4) is 0 Å². The van der Waals surface area contributed by atoms with E-state index in [0.717, 1.165) is 29.7 Å². The van der Waals surface area contributed by atoms with Gasteiger partial charge in [0.15, 0.2) is 0 Å². The fourth-order valence-corrected chi connectivity index (χ4v) is 7.87. The largest absolute Gasteiger partial charge is 0.465 e. The third-order valence-corrected chi connectivity index (χ3v) is 10.7. The molecule has 0 saturated carbocycles. The maximum absolute atomic E-state index is 13.5. The normalized spacial score (nSPS) is 14.2. The minimum Gasteiger partial charge on any atom is -0.465 e. The minimum atomic E-state index is -0.706. The number of hydrogen-bond donors (Lipinski definition) is 3. The van der Waals surface area contributed by atoms with Crippen LogP contribution in [0, 0.1) is 21.4 Å². The van der Waals surface area contributed by atoms with E-state index in [9.17, 15) is 29.3 Å². The molecule has 1 atom stereocenters. The van der Waals surface area contributed by atoms with Gasteiger partial charge >= 0.3 is 5.97 Å². The number of thiophene rings is 1. The molecule has 51 heavy (non-hydrogen) atoms. The molecule has 3 amide bonds. The zero-order valence-electron chi connectivity index (χ0n) is 28.6. The molecular weight excluding hydrogens is 689 g/mol. The molecule has 3 aromatic carbocycles. The summed E-state index contributed by atoms with van der Waals surface area (Å²) < 4.78 is 5.08. The van der Waals surface area contributed by atoms with Gasteiger partial charge in [-0.1, -0.05) is 57.2 Å². The van der Waals surface area contributed by atoms with Crippen LogP contribution < -0.4 is 16.0 Å². The molecule has 0 spiro atoms. The average Bonchev–Trinajstić information content (AvgIpc) is 3.47. The quantitative estimate of drug-likeness (QED) is 0.0466. The van der Waals surface area contributed by atoms with Gasteiger partial charge in [0.25, 0.3) is 17.5 Å². The number of thioether (sulfide) groups is 1. The van der Waals surface area contributed by atoms with Crippen molar-refractivity contribution >= 4 is 69.2 Å². The van der Waals surface area contributed by atoms with Crippen molar-refractivity contribution in [1.82, 2.24) is 5.32 Å². The molecule has 0 bridgehead atoms. The van der Waals surface area contributed by atoms with Crippen LogP contribution in [0.4, 0.5) is 16.4 Å².